The van der Waals surface area contributed by atoms with Crippen LogP contribution in [0.5, 0.6) is 11.5 Å². The van der Waals surface area contributed by atoms with E-state index in [9.17, 15) is 9.18 Å². The molecule has 1 heterocycles. The van der Waals surface area contributed by atoms with Crippen molar-refractivity contribution in [1.82, 2.24) is 0 Å². The van der Waals surface area contributed by atoms with Crippen LogP contribution in [0.3, 0.4) is 0 Å². The molecule has 6 heteroatoms. The molecule has 23 heavy (non-hydrogen) atoms. The van der Waals surface area contributed by atoms with Crippen LogP contribution in [0.1, 0.15) is 10.6 Å². The molecule has 0 unspecified atom stereocenters. The van der Waals surface area contributed by atoms with Crippen molar-refractivity contribution in [2.75, 3.05) is 5.32 Å². The monoisotopic (exact) mass is 331 g/mol. The van der Waals surface area contributed by atoms with Gasteiger partial charge in [-0.2, -0.15) is 0 Å². The number of furan rings is 1. The lowest BCUT2D eigenvalue weighted by atomic mass is 10.2. The van der Waals surface area contributed by atoms with Gasteiger partial charge < -0.3 is 14.5 Å². The summed E-state index contributed by atoms with van der Waals surface area (Å²) in [6, 6.07) is 13.7. The third-order valence-corrected chi connectivity index (χ3v) is 3.23. The van der Waals surface area contributed by atoms with Crippen LogP contribution in [0.25, 0.3) is 0 Å². The number of rotatable bonds is 4. The number of ether oxygens (including phenoxy) is 1. The number of carbonyl (C=O) groups is 1. The van der Waals surface area contributed by atoms with Gasteiger partial charge in [-0.25, -0.2) is 4.39 Å². The number of carbonyl (C=O) groups excluding carboxylic acids is 1. The molecule has 0 spiro atoms. The van der Waals surface area contributed by atoms with E-state index >= 15 is 0 Å². The molecule has 1 aromatic heterocycles. The predicted octanol–water partition coefficient (Wildman–Crippen LogP) is 5.12. The van der Waals surface area contributed by atoms with Gasteiger partial charge >= 0.3 is 0 Å². The third-order valence-electron chi connectivity index (χ3n) is 2.99. The van der Waals surface area contributed by atoms with Crippen LogP contribution in [0.2, 0.25) is 5.02 Å². The molecule has 0 radical (unpaired) electrons. The molecule has 1 N–H and O–H groups in total. The topological polar surface area (TPSA) is 51.5 Å². The van der Waals surface area contributed by atoms with Crippen LogP contribution in [0.15, 0.2) is 65.3 Å². The SMILES string of the molecule is O=C(Nc1cc(Cl)ccc1Oc1ccccc1F)c1ccco1. The van der Waals surface area contributed by atoms with E-state index < -0.39 is 11.7 Å². The molecule has 116 valence electrons. The van der Waals surface area contributed by atoms with Gasteiger partial charge in [0, 0.05) is 5.02 Å². The van der Waals surface area contributed by atoms with Crippen LogP contribution in [0.4, 0.5) is 10.1 Å². The first kappa shape index (κ1) is 15.1. The second kappa shape index (κ2) is 6.54. The average molecular weight is 332 g/mol. The van der Waals surface area contributed by atoms with Crippen molar-refractivity contribution in [3.8, 4) is 11.5 Å². The molecule has 0 atom stereocenters. The molecule has 0 saturated carbocycles. The highest BCUT2D eigenvalue weighted by Gasteiger charge is 2.14. The molecule has 4 nitrogen and oxygen atoms in total. The Bertz CT molecular complexity index is 834. The smallest absolute Gasteiger partial charge is 0.291 e. The molecular weight excluding hydrogens is 321 g/mol. The van der Waals surface area contributed by atoms with E-state index in [1.807, 2.05) is 0 Å². The second-order valence-electron chi connectivity index (χ2n) is 4.60. The quantitative estimate of drug-likeness (QED) is 0.722. The first-order chi connectivity index (χ1) is 11.1. The van der Waals surface area contributed by atoms with Crippen molar-refractivity contribution in [1.29, 1.82) is 0 Å². The minimum Gasteiger partial charge on any atom is -0.459 e. The first-order valence-corrected chi connectivity index (χ1v) is 7.08. The fourth-order valence-electron chi connectivity index (χ4n) is 1.93. The Labute approximate surface area is 136 Å². The summed E-state index contributed by atoms with van der Waals surface area (Å²) < 4.78 is 24.3. The Balaban J connectivity index is 1.89. The molecule has 2 aromatic carbocycles. The van der Waals surface area contributed by atoms with E-state index in [0.717, 1.165) is 0 Å². The van der Waals surface area contributed by atoms with E-state index in [1.165, 1.54) is 30.5 Å². The molecule has 1 amide bonds. The second-order valence-corrected chi connectivity index (χ2v) is 5.04. The van der Waals surface area contributed by atoms with Gasteiger partial charge in [-0.15, -0.1) is 0 Å². The Morgan fingerprint density at radius 1 is 1.09 bits per heavy atom. The summed E-state index contributed by atoms with van der Waals surface area (Å²) in [6.45, 7) is 0. The summed E-state index contributed by atoms with van der Waals surface area (Å²) in [5.74, 6) is -0.522. The Morgan fingerprint density at radius 2 is 1.91 bits per heavy atom. The number of anilines is 1. The summed E-state index contributed by atoms with van der Waals surface area (Å²) in [5.41, 5.74) is 0.308. The maximum atomic E-state index is 13.7. The number of halogens is 2. The van der Waals surface area contributed by atoms with E-state index in [0.29, 0.717) is 10.7 Å². The zero-order chi connectivity index (χ0) is 16.2. The van der Waals surface area contributed by atoms with Gasteiger partial charge in [-0.05, 0) is 42.5 Å². The van der Waals surface area contributed by atoms with E-state index in [4.69, 9.17) is 20.8 Å². The molecule has 0 fully saturated rings. The summed E-state index contributed by atoms with van der Waals surface area (Å²) in [6.07, 6.45) is 1.39. The number of nitrogens with one attached hydrogen (secondary N) is 1. The lowest BCUT2D eigenvalue weighted by molar-refractivity contribution is 0.0996. The maximum Gasteiger partial charge on any atom is 0.291 e. The van der Waals surface area contributed by atoms with Gasteiger partial charge in [0.2, 0.25) is 0 Å². The number of para-hydroxylation sites is 1. The molecular formula is C17H11ClFNO3. The van der Waals surface area contributed by atoms with Gasteiger partial charge in [-0.3, -0.25) is 4.79 Å². The zero-order valence-corrected chi connectivity index (χ0v) is 12.5. The van der Waals surface area contributed by atoms with Crippen molar-refractivity contribution in [2.45, 2.75) is 0 Å². The van der Waals surface area contributed by atoms with E-state index in [2.05, 4.69) is 5.32 Å². The highest BCUT2D eigenvalue weighted by Crippen LogP contribution is 2.33. The lowest BCUT2D eigenvalue weighted by Gasteiger charge is -2.12. The minimum atomic E-state index is -0.509. The largest absolute Gasteiger partial charge is 0.459 e. The molecule has 3 aromatic rings. The van der Waals surface area contributed by atoms with Gasteiger partial charge in [0.1, 0.15) is 0 Å². The summed E-state index contributed by atoms with van der Waals surface area (Å²) in [5, 5.41) is 3.03. The molecule has 3 rings (SSSR count). The highest BCUT2D eigenvalue weighted by molar-refractivity contribution is 6.31. The van der Waals surface area contributed by atoms with Crippen LogP contribution in [-0.4, -0.2) is 5.91 Å². The Kier molecular flexibility index (Phi) is 4.30. The Morgan fingerprint density at radius 3 is 2.65 bits per heavy atom. The molecule has 0 aliphatic heterocycles. The van der Waals surface area contributed by atoms with Crippen LogP contribution in [-0.2, 0) is 0 Å². The van der Waals surface area contributed by atoms with Crippen molar-refractivity contribution in [3.05, 3.63) is 77.5 Å². The number of benzene rings is 2. The molecule has 0 aliphatic rings. The first-order valence-electron chi connectivity index (χ1n) is 6.70. The normalized spacial score (nSPS) is 10.3. The zero-order valence-electron chi connectivity index (χ0n) is 11.8. The van der Waals surface area contributed by atoms with Crippen LogP contribution < -0.4 is 10.1 Å². The van der Waals surface area contributed by atoms with Crippen molar-refractivity contribution in [3.63, 3.8) is 0 Å². The number of amides is 1. The van der Waals surface area contributed by atoms with Gasteiger partial charge in [0.25, 0.3) is 5.91 Å². The van der Waals surface area contributed by atoms with E-state index in [-0.39, 0.29) is 17.3 Å². The minimum absolute atomic E-state index is 0.0447. The van der Waals surface area contributed by atoms with Gasteiger partial charge in [0.05, 0.1) is 12.0 Å². The predicted molar refractivity (Wildman–Crippen MR) is 84.6 cm³/mol. The standard InChI is InChI=1S/C17H11ClFNO3/c18-11-7-8-15(23-14-5-2-1-4-12(14)19)13(10-11)20-17(21)16-6-3-9-22-16/h1-10H,(H,20,21). The van der Waals surface area contributed by atoms with Gasteiger partial charge in [-0.1, -0.05) is 23.7 Å². The number of hydrogen-bond donors (Lipinski definition) is 1. The highest BCUT2D eigenvalue weighted by atomic mass is 35.5. The average Bonchev–Trinajstić information content (AvgIpc) is 3.06. The van der Waals surface area contributed by atoms with Crippen molar-refractivity contribution >= 4 is 23.2 Å². The molecule has 0 bridgehead atoms. The summed E-state index contributed by atoms with van der Waals surface area (Å²) in [7, 11) is 0. The molecule has 0 aliphatic carbocycles. The summed E-state index contributed by atoms with van der Waals surface area (Å²) in [4.78, 5) is 12.1. The number of hydrogen-bond acceptors (Lipinski definition) is 3. The fraction of sp³-hybridized carbons (Fsp3) is 0. The summed E-state index contributed by atoms with van der Waals surface area (Å²) >= 11 is 5.96. The van der Waals surface area contributed by atoms with Crippen LogP contribution in [0, 0.1) is 5.82 Å². The lowest BCUT2D eigenvalue weighted by Crippen LogP contribution is -2.11. The van der Waals surface area contributed by atoms with E-state index in [1.54, 1.807) is 30.3 Å². The third kappa shape index (κ3) is 3.52. The molecule has 0 saturated heterocycles. The fourth-order valence-corrected chi connectivity index (χ4v) is 2.10. The van der Waals surface area contributed by atoms with Crippen LogP contribution >= 0.6 is 11.6 Å². The van der Waals surface area contributed by atoms with Gasteiger partial charge in [0.15, 0.2) is 23.1 Å². The van der Waals surface area contributed by atoms with Crippen molar-refractivity contribution in [2.24, 2.45) is 0 Å². The maximum absolute atomic E-state index is 13.7. The van der Waals surface area contributed by atoms with Crippen molar-refractivity contribution < 1.29 is 18.3 Å². The Hall–Kier alpha value is -2.79.